The van der Waals surface area contributed by atoms with Gasteiger partial charge in [0.1, 0.15) is 0 Å². The highest BCUT2D eigenvalue weighted by atomic mass is 15.4. The summed E-state index contributed by atoms with van der Waals surface area (Å²) in [5.74, 6) is 2.00. The molecule has 0 amide bonds. The number of aromatic nitrogens is 2. The van der Waals surface area contributed by atoms with Crippen LogP contribution in [0.3, 0.4) is 0 Å². The maximum absolute atomic E-state index is 4.49. The monoisotopic (exact) mass is 220 g/mol. The summed E-state index contributed by atoms with van der Waals surface area (Å²) < 4.78 is 1.88. The molecular weight excluding hydrogens is 200 g/mol. The van der Waals surface area contributed by atoms with Crippen molar-refractivity contribution in [3.05, 3.63) is 12.3 Å². The Morgan fingerprint density at radius 3 is 2.94 bits per heavy atom. The second kappa shape index (κ2) is 3.48. The first kappa shape index (κ1) is 10.1. The number of hydrogen-bond acceptors (Lipinski definition) is 3. The molecule has 2 aliphatic rings. The molecule has 1 aliphatic carbocycles. The van der Waals surface area contributed by atoms with E-state index in [2.05, 4.69) is 28.3 Å². The van der Waals surface area contributed by atoms with Crippen molar-refractivity contribution >= 4 is 5.82 Å². The molecule has 1 saturated carbocycles. The molecule has 16 heavy (non-hydrogen) atoms. The van der Waals surface area contributed by atoms with Crippen LogP contribution >= 0.6 is 0 Å². The minimum Gasteiger partial charge on any atom is -0.352 e. The van der Waals surface area contributed by atoms with Gasteiger partial charge in [-0.15, -0.1) is 0 Å². The van der Waals surface area contributed by atoms with Gasteiger partial charge in [-0.2, -0.15) is 5.10 Å². The number of hydrogen-bond donors (Lipinski definition) is 1. The number of piperazine rings is 1. The number of nitrogens with zero attached hydrogens (tertiary/aromatic N) is 3. The third-order valence-electron chi connectivity index (χ3n) is 3.93. The van der Waals surface area contributed by atoms with Crippen LogP contribution in [0.2, 0.25) is 0 Å². The maximum Gasteiger partial charge on any atom is 0.150 e. The van der Waals surface area contributed by atoms with Crippen molar-refractivity contribution in [1.82, 2.24) is 15.1 Å². The first-order valence-electron chi connectivity index (χ1n) is 6.17. The molecule has 88 valence electrons. The fourth-order valence-corrected chi connectivity index (χ4v) is 2.77. The predicted molar refractivity (Wildman–Crippen MR) is 64.6 cm³/mol. The van der Waals surface area contributed by atoms with Gasteiger partial charge in [0.25, 0.3) is 0 Å². The van der Waals surface area contributed by atoms with E-state index in [1.807, 2.05) is 17.9 Å². The number of nitrogens with one attached hydrogen (secondary N) is 1. The highest BCUT2D eigenvalue weighted by molar-refractivity contribution is 5.39. The first-order chi connectivity index (χ1) is 7.67. The highest BCUT2D eigenvalue weighted by Crippen LogP contribution is 2.41. The Balaban J connectivity index is 1.76. The van der Waals surface area contributed by atoms with E-state index < -0.39 is 0 Å². The van der Waals surface area contributed by atoms with Crippen molar-refractivity contribution < 1.29 is 0 Å². The molecule has 1 saturated heterocycles. The summed E-state index contributed by atoms with van der Waals surface area (Å²) in [6, 6.07) is 2.11. The first-order valence-corrected chi connectivity index (χ1v) is 6.17. The van der Waals surface area contributed by atoms with E-state index in [0.717, 1.165) is 31.4 Å². The minimum absolute atomic E-state index is 0.301. The molecular formula is C12H20N4. The Kier molecular flexibility index (Phi) is 2.21. The lowest BCUT2D eigenvalue weighted by Gasteiger charge is -2.42. The molecule has 4 nitrogen and oxygen atoms in total. The van der Waals surface area contributed by atoms with Crippen molar-refractivity contribution in [2.24, 2.45) is 13.0 Å². The minimum atomic E-state index is 0.301. The summed E-state index contributed by atoms with van der Waals surface area (Å²) in [4.78, 5) is 2.41. The normalized spacial score (nSPS) is 30.8. The van der Waals surface area contributed by atoms with Crippen LogP contribution in [0.25, 0.3) is 0 Å². The van der Waals surface area contributed by atoms with Gasteiger partial charge in [0.2, 0.25) is 0 Å². The van der Waals surface area contributed by atoms with Crippen LogP contribution in [0.4, 0.5) is 5.82 Å². The molecule has 1 aliphatic heterocycles. The van der Waals surface area contributed by atoms with Crippen molar-refractivity contribution in [3.8, 4) is 0 Å². The van der Waals surface area contributed by atoms with Crippen LogP contribution in [0.15, 0.2) is 12.3 Å². The highest BCUT2D eigenvalue weighted by Gasteiger charge is 2.44. The molecule has 2 heterocycles. The van der Waals surface area contributed by atoms with Gasteiger partial charge in [-0.05, 0) is 25.7 Å². The van der Waals surface area contributed by atoms with Gasteiger partial charge in [0.05, 0.1) is 0 Å². The van der Waals surface area contributed by atoms with E-state index in [-0.39, 0.29) is 0 Å². The van der Waals surface area contributed by atoms with Crippen LogP contribution in [-0.4, -0.2) is 35.0 Å². The smallest absolute Gasteiger partial charge is 0.150 e. The topological polar surface area (TPSA) is 33.1 Å². The molecule has 3 rings (SSSR count). The zero-order chi connectivity index (χ0) is 11.2. The third-order valence-corrected chi connectivity index (χ3v) is 3.93. The lowest BCUT2D eigenvalue weighted by Crippen LogP contribution is -2.60. The van der Waals surface area contributed by atoms with Gasteiger partial charge in [-0.1, -0.05) is 0 Å². The Morgan fingerprint density at radius 1 is 1.50 bits per heavy atom. The number of rotatable bonds is 2. The molecule has 2 fully saturated rings. The third kappa shape index (κ3) is 1.71. The molecule has 1 aromatic heterocycles. The summed E-state index contributed by atoms with van der Waals surface area (Å²) in [5.41, 5.74) is 0.301. The van der Waals surface area contributed by atoms with Gasteiger partial charge in [0, 0.05) is 44.5 Å². The van der Waals surface area contributed by atoms with Gasteiger partial charge in [-0.3, -0.25) is 4.68 Å². The molecule has 1 aromatic rings. The summed E-state index contributed by atoms with van der Waals surface area (Å²) >= 11 is 0. The average molecular weight is 220 g/mol. The van der Waals surface area contributed by atoms with E-state index in [1.165, 1.54) is 12.8 Å². The number of aryl methyl sites for hydroxylation is 1. The fourth-order valence-electron chi connectivity index (χ4n) is 2.77. The second-order valence-electron chi connectivity index (χ2n) is 5.39. The van der Waals surface area contributed by atoms with E-state index in [4.69, 9.17) is 0 Å². The SMILES string of the molecule is Cn1ccc(N2CCNC(C)(C3CC3)C2)n1. The molecule has 4 heteroatoms. The van der Waals surface area contributed by atoms with Crippen LogP contribution in [0, 0.1) is 5.92 Å². The molecule has 0 bridgehead atoms. The van der Waals surface area contributed by atoms with Crippen molar-refractivity contribution in [1.29, 1.82) is 0 Å². The van der Waals surface area contributed by atoms with E-state index in [1.54, 1.807) is 0 Å². The van der Waals surface area contributed by atoms with Crippen molar-refractivity contribution in [2.75, 3.05) is 24.5 Å². The Labute approximate surface area is 96.6 Å². The van der Waals surface area contributed by atoms with Crippen molar-refractivity contribution in [3.63, 3.8) is 0 Å². The lowest BCUT2D eigenvalue weighted by atomic mass is 9.93. The fraction of sp³-hybridized carbons (Fsp3) is 0.750. The number of anilines is 1. The van der Waals surface area contributed by atoms with Crippen LogP contribution in [-0.2, 0) is 7.05 Å². The van der Waals surface area contributed by atoms with Crippen LogP contribution in [0.1, 0.15) is 19.8 Å². The second-order valence-corrected chi connectivity index (χ2v) is 5.39. The largest absolute Gasteiger partial charge is 0.352 e. The Bertz CT molecular complexity index is 382. The molecule has 0 aromatic carbocycles. The predicted octanol–water partition coefficient (Wildman–Crippen LogP) is 0.998. The summed E-state index contributed by atoms with van der Waals surface area (Å²) in [6.07, 6.45) is 4.80. The van der Waals surface area contributed by atoms with Crippen molar-refractivity contribution in [2.45, 2.75) is 25.3 Å². The molecule has 1 N–H and O–H groups in total. The maximum atomic E-state index is 4.49. The van der Waals surface area contributed by atoms with Gasteiger partial charge >= 0.3 is 0 Å². The standard InChI is InChI=1S/C12H20N4/c1-12(10-3-4-10)9-16(8-6-13-12)11-5-7-15(2)14-11/h5,7,10,13H,3-4,6,8-9H2,1-2H3. The van der Waals surface area contributed by atoms with Gasteiger partial charge in [-0.25, -0.2) is 0 Å². The summed E-state index contributed by atoms with van der Waals surface area (Å²) in [6.45, 7) is 5.59. The Hall–Kier alpha value is -1.03. The summed E-state index contributed by atoms with van der Waals surface area (Å²) in [7, 11) is 1.98. The zero-order valence-electron chi connectivity index (χ0n) is 10.1. The average Bonchev–Trinajstić information content (AvgIpc) is 3.03. The van der Waals surface area contributed by atoms with Crippen LogP contribution < -0.4 is 10.2 Å². The van der Waals surface area contributed by atoms with E-state index in [0.29, 0.717) is 5.54 Å². The van der Waals surface area contributed by atoms with Crippen LogP contribution in [0.5, 0.6) is 0 Å². The summed E-state index contributed by atoms with van der Waals surface area (Å²) in [5, 5.41) is 8.18. The molecule has 0 radical (unpaired) electrons. The molecule has 1 atom stereocenters. The molecule has 0 spiro atoms. The van der Waals surface area contributed by atoms with Gasteiger partial charge < -0.3 is 10.2 Å². The molecule has 1 unspecified atom stereocenters. The quantitative estimate of drug-likeness (QED) is 0.807. The van der Waals surface area contributed by atoms with Gasteiger partial charge in [0.15, 0.2) is 5.82 Å². The van der Waals surface area contributed by atoms with E-state index in [9.17, 15) is 0 Å². The zero-order valence-corrected chi connectivity index (χ0v) is 10.1. The Morgan fingerprint density at radius 2 is 2.31 bits per heavy atom. The lowest BCUT2D eigenvalue weighted by molar-refractivity contribution is 0.284. The van der Waals surface area contributed by atoms with E-state index >= 15 is 0 Å².